The van der Waals surface area contributed by atoms with Gasteiger partial charge >= 0.3 is 6.01 Å². The first-order chi connectivity index (χ1) is 26.9. The van der Waals surface area contributed by atoms with Crippen molar-refractivity contribution < 1.29 is 32.1 Å². The van der Waals surface area contributed by atoms with E-state index in [2.05, 4.69) is 15.1 Å². The maximum absolute atomic E-state index is 17.6. The van der Waals surface area contributed by atoms with Crippen LogP contribution in [0.1, 0.15) is 76.2 Å². The fourth-order valence-electron chi connectivity index (χ4n) is 11.2. The molecule has 3 aliphatic carbocycles. The fourth-order valence-corrected chi connectivity index (χ4v) is 13.8. The van der Waals surface area contributed by atoms with Crippen LogP contribution in [-0.4, -0.2) is 119 Å². The molecule has 300 valence electrons. The number of aromatic nitrogens is 5. The molecule has 3 aromatic heterocycles. The lowest BCUT2D eigenvalue weighted by Gasteiger charge is -2.48. The van der Waals surface area contributed by atoms with Crippen LogP contribution in [0, 0.1) is 23.1 Å². The number of piperidine rings is 1. The van der Waals surface area contributed by atoms with Crippen molar-refractivity contribution in [3.8, 4) is 23.1 Å². The summed E-state index contributed by atoms with van der Waals surface area (Å²) in [4.78, 5) is 19.2. The summed E-state index contributed by atoms with van der Waals surface area (Å²) in [6.45, 7) is 4.12. The number of fused-ring (bicyclic) bond motifs is 4. The molecule has 3 aliphatic heterocycles. The molecule has 3 saturated carbocycles. The average molecular weight is 810 g/mol. The van der Waals surface area contributed by atoms with Crippen molar-refractivity contribution >= 4 is 49.1 Å². The standard InChI is InChI=1S/C40H49ClFN7O6S/c1-39(50)19-48(11-12-54-20-39)36-32-35(33(42)34(44-37(32)53-2)31-26-16-43-47-28(26)15-27(41)30(31)22-6-7-22)45-38(46-36)55-21-40-8-3-5-29(40)49(10-4-9-40)25-13-23-17-56(51,52)18-24(23)14-25/h15-16,22-25,29,50H,3-14,17-21H2,1-2H3,(H,43,47)/t23-,24+,25?,29-,39+,40?/m1/s1. The Kier molecular flexibility index (Phi) is 8.97. The Bertz CT molecular complexity index is 2300. The third-order valence-corrected chi connectivity index (χ3v) is 15.9. The molecule has 6 atom stereocenters. The number of ether oxygens (including phenoxy) is 3. The van der Waals surface area contributed by atoms with E-state index < -0.39 is 21.3 Å². The number of halogens is 2. The minimum Gasteiger partial charge on any atom is -0.480 e. The van der Waals surface area contributed by atoms with Crippen molar-refractivity contribution in [2.24, 2.45) is 17.3 Å². The Morgan fingerprint density at radius 2 is 1.89 bits per heavy atom. The van der Waals surface area contributed by atoms with Gasteiger partial charge in [0, 0.05) is 40.0 Å². The number of aromatic amines is 1. The van der Waals surface area contributed by atoms with Crippen molar-refractivity contribution in [3.63, 3.8) is 0 Å². The predicted octanol–water partition coefficient (Wildman–Crippen LogP) is 5.67. The van der Waals surface area contributed by atoms with E-state index in [1.165, 1.54) is 7.11 Å². The van der Waals surface area contributed by atoms with Crippen LogP contribution >= 0.6 is 11.6 Å². The van der Waals surface area contributed by atoms with E-state index in [1.807, 2.05) is 11.0 Å². The van der Waals surface area contributed by atoms with Gasteiger partial charge in [-0.05, 0) is 94.2 Å². The molecular weight excluding hydrogens is 761 g/mol. The van der Waals surface area contributed by atoms with E-state index >= 15 is 4.39 Å². The number of hydrogen-bond donors (Lipinski definition) is 2. The number of nitrogens with one attached hydrogen (secondary N) is 1. The van der Waals surface area contributed by atoms with Crippen molar-refractivity contribution in [2.45, 2.75) is 88.3 Å². The monoisotopic (exact) mass is 809 g/mol. The molecule has 6 heterocycles. The number of benzene rings is 1. The normalized spacial score (nSPS) is 31.8. The van der Waals surface area contributed by atoms with E-state index in [0.29, 0.717) is 70.7 Å². The molecule has 3 saturated heterocycles. The van der Waals surface area contributed by atoms with Crippen LogP contribution in [0.2, 0.25) is 5.02 Å². The molecule has 2 unspecified atom stereocenters. The summed E-state index contributed by atoms with van der Waals surface area (Å²) >= 11 is 6.89. The van der Waals surface area contributed by atoms with Crippen LogP contribution in [0.5, 0.6) is 11.9 Å². The average Bonchev–Trinajstić information content (AvgIpc) is 3.44. The lowest BCUT2D eigenvalue weighted by molar-refractivity contribution is -0.0224. The minimum atomic E-state index is -2.93. The van der Waals surface area contributed by atoms with E-state index in [0.717, 1.165) is 69.9 Å². The van der Waals surface area contributed by atoms with Gasteiger partial charge in [-0.1, -0.05) is 18.0 Å². The van der Waals surface area contributed by atoms with Crippen molar-refractivity contribution in [3.05, 3.63) is 28.7 Å². The molecule has 10 rings (SSSR count). The SMILES string of the molecule is COc1nc(-c2c(C3CC3)c(Cl)cc3[nH]ncc23)c(F)c2nc(OCC34CCC[C@H]3N(C3C[C@@H]5CS(=O)(=O)C[C@@H]5C3)CCC4)nc(N3CCOC[C@@](C)(O)C3)c12. The Hall–Kier alpha value is -3.37. The number of methoxy groups -OCH3 is 1. The number of β-amino-alcohol motifs (C(OH)–C–C–N with tert-alkyl or cyclic N) is 1. The molecule has 2 N–H and O–H groups in total. The van der Waals surface area contributed by atoms with Gasteiger partial charge in [0.1, 0.15) is 28.0 Å². The molecule has 6 fully saturated rings. The largest absolute Gasteiger partial charge is 0.480 e. The summed E-state index contributed by atoms with van der Waals surface area (Å²) in [5, 5.41) is 20.0. The highest BCUT2D eigenvalue weighted by molar-refractivity contribution is 7.91. The predicted molar refractivity (Wildman–Crippen MR) is 210 cm³/mol. The summed E-state index contributed by atoms with van der Waals surface area (Å²) in [5.74, 6) is 1.20. The van der Waals surface area contributed by atoms with E-state index in [9.17, 15) is 13.5 Å². The first-order valence-electron chi connectivity index (χ1n) is 20.2. The second-order valence-electron chi connectivity index (χ2n) is 17.7. The fraction of sp³-hybridized carbons (Fsp3) is 0.650. The zero-order valence-electron chi connectivity index (χ0n) is 31.9. The van der Waals surface area contributed by atoms with Crippen LogP contribution < -0.4 is 14.4 Å². The number of sulfone groups is 1. The Balaban J connectivity index is 1.05. The van der Waals surface area contributed by atoms with Gasteiger partial charge < -0.3 is 24.2 Å². The molecule has 4 aromatic rings. The van der Waals surface area contributed by atoms with Crippen molar-refractivity contribution in [1.29, 1.82) is 0 Å². The molecule has 0 amide bonds. The number of nitrogens with zero attached hydrogens (tertiary/aromatic N) is 6. The van der Waals surface area contributed by atoms with Gasteiger partial charge in [0.15, 0.2) is 15.7 Å². The molecule has 16 heteroatoms. The summed E-state index contributed by atoms with van der Waals surface area (Å²) in [7, 11) is -1.43. The second kappa shape index (κ2) is 13.6. The first kappa shape index (κ1) is 36.9. The summed E-state index contributed by atoms with van der Waals surface area (Å²) < 4.78 is 60.7. The van der Waals surface area contributed by atoms with Crippen LogP contribution in [0.25, 0.3) is 33.1 Å². The van der Waals surface area contributed by atoms with Crippen LogP contribution in [0.4, 0.5) is 10.2 Å². The third-order valence-electron chi connectivity index (χ3n) is 13.7. The van der Waals surface area contributed by atoms with Crippen LogP contribution in [0.3, 0.4) is 0 Å². The molecule has 56 heavy (non-hydrogen) atoms. The summed E-state index contributed by atoms with van der Waals surface area (Å²) in [6.07, 6.45) is 10.6. The molecule has 13 nitrogen and oxygen atoms in total. The van der Waals surface area contributed by atoms with Gasteiger partial charge in [-0.3, -0.25) is 10.00 Å². The second-order valence-corrected chi connectivity index (χ2v) is 20.2. The van der Waals surface area contributed by atoms with E-state index in [4.69, 9.17) is 40.8 Å². The maximum atomic E-state index is 17.6. The third kappa shape index (κ3) is 6.31. The van der Waals surface area contributed by atoms with E-state index in [-0.39, 0.29) is 64.8 Å². The Morgan fingerprint density at radius 3 is 2.66 bits per heavy atom. The highest BCUT2D eigenvalue weighted by atomic mass is 35.5. The van der Waals surface area contributed by atoms with Gasteiger partial charge in [0.25, 0.3) is 0 Å². The Labute approximate surface area is 330 Å². The maximum Gasteiger partial charge on any atom is 0.319 e. The number of hydrogen-bond acceptors (Lipinski definition) is 12. The minimum absolute atomic E-state index is 0.00761. The Morgan fingerprint density at radius 1 is 1.11 bits per heavy atom. The smallest absolute Gasteiger partial charge is 0.319 e. The highest BCUT2D eigenvalue weighted by Gasteiger charge is 2.53. The number of H-pyrrole nitrogens is 1. The summed E-state index contributed by atoms with van der Waals surface area (Å²) in [5.41, 5.74) is 0.816. The lowest BCUT2D eigenvalue weighted by atomic mass is 9.75. The van der Waals surface area contributed by atoms with Crippen molar-refractivity contribution in [2.75, 3.05) is 63.0 Å². The zero-order valence-corrected chi connectivity index (χ0v) is 33.5. The van der Waals surface area contributed by atoms with Crippen LogP contribution in [-0.2, 0) is 14.6 Å². The van der Waals surface area contributed by atoms with Gasteiger partial charge in [0.05, 0.1) is 56.7 Å². The molecule has 0 bridgehead atoms. The zero-order chi connectivity index (χ0) is 38.6. The molecule has 0 spiro atoms. The lowest BCUT2D eigenvalue weighted by Crippen LogP contribution is -2.55. The first-order valence-corrected chi connectivity index (χ1v) is 22.4. The van der Waals surface area contributed by atoms with Gasteiger partial charge in [-0.2, -0.15) is 15.1 Å². The number of pyridine rings is 1. The number of anilines is 1. The van der Waals surface area contributed by atoms with Gasteiger partial charge in [-0.15, -0.1) is 0 Å². The van der Waals surface area contributed by atoms with Crippen molar-refractivity contribution in [1.82, 2.24) is 30.0 Å². The highest BCUT2D eigenvalue weighted by Crippen LogP contribution is 2.53. The molecule has 1 aromatic carbocycles. The topological polar surface area (TPSA) is 156 Å². The summed E-state index contributed by atoms with van der Waals surface area (Å²) in [6, 6.07) is 2.58. The van der Waals surface area contributed by atoms with E-state index in [1.54, 1.807) is 13.1 Å². The number of likely N-dealkylation sites (tertiary alicyclic amines) is 1. The molecular formula is C40H49ClFN7O6S. The van der Waals surface area contributed by atoms with Gasteiger partial charge in [-0.25, -0.2) is 17.8 Å². The van der Waals surface area contributed by atoms with Gasteiger partial charge in [0.2, 0.25) is 5.88 Å². The number of rotatable bonds is 8. The molecule has 6 aliphatic rings. The van der Waals surface area contributed by atoms with Crippen LogP contribution in [0.15, 0.2) is 12.3 Å². The molecule has 0 radical (unpaired) electrons. The quantitative estimate of drug-likeness (QED) is 0.225. The number of aliphatic hydroxyl groups is 1.